The van der Waals surface area contributed by atoms with Gasteiger partial charge in [-0.05, 0) is 51.5 Å². The van der Waals surface area contributed by atoms with Gasteiger partial charge in [-0.1, -0.05) is 12.1 Å². The number of para-hydroxylation sites is 1. The molecular formula is C20H25FN4O3. The van der Waals surface area contributed by atoms with Crippen LogP contribution < -0.4 is 16.0 Å². The number of aromatic nitrogens is 1. The van der Waals surface area contributed by atoms with Crippen molar-refractivity contribution in [3.63, 3.8) is 0 Å². The maximum atomic E-state index is 13.8. The van der Waals surface area contributed by atoms with E-state index in [1.54, 1.807) is 51.1 Å². The molecule has 0 fully saturated rings. The molecule has 0 saturated carbocycles. The fraction of sp³-hybridized carbons (Fsp3) is 0.350. The standard InChI is InChI=1S/C20H25FN4O3/c1-20(2,3)28-19(27)24-13-7-12-23-18(26)14-8-6-11-22-17(14)25-16-10-5-4-9-15(16)21/h4-6,8-11H,7,12-13H2,1-3H3,(H,22,25)(H,23,26)(H,24,27). The second-order valence-electron chi connectivity index (χ2n) is 7.04. The van der Waals surface area contributed by atoms with Crippen LogP contribution in [-0.2, 0) is 4.74 Å². The Morgan fingerprint density at radius 2 is 1.79 bits per heavy atom. The molecule has 1 aromatic heterocycles. The van der Waals surface area contributed by atoms with Crippen LogP contribution in [0.2, 0.25) is 0 Å². The zero-order valence-electron chi connectivity index (χ0n) is 16.2. The van der Waals surface area contributed by atoms with Crippen LogP contribution in [0.3, 0.4) is 0 Å². The molecule has 1 heterocycles. The largest absolute Gasteiger partial charge is 0.444 e. The number of benzene rings is 1. The van der Waals surface area contributed by atoms with E-state index >= 15 is 0 Å². The van der Waals surface area contributed by atoms with Crippen molar-refractivity contribution >= 4 is 23.5 Å². The van der Waals surface area contributed by atoms with Crippen LogP contribution in [0, 0.1) is 5.82 Å². The molecule has 0 radical (unpaired) electrons. The number of ether oxygens (including phenoxy) is 1. The lowest BCUT2D eigenvalue weighted by molar-refractivity contribution is 0.0527. The lowest BCUT2D eigenvalue weighted by Crippen LogP contribution is -2.34. The van der Waals surface area contributed by atoms with Gasteiger partial charge in [0.1, 0.15) is 17.2 Å². The second kappa shape index (κ2) is 9.68. The number of anilines is 2. The molecule has 0 aliphatic carbocycles. The maximum absolute atomic E-state index is 13.8. The molecular weight excluding hydrogens is 363 g/mol. The molecule has 0 saturated heterocycles. The van der Waals surface area contributed by atoms with Crippen molar-refractivity contribution < 1.29 is 18.7 Å². The highest BCUT2D eigenvalue weighted by molar-refractivity contribution is 5.99. The molecule has 1 aromatic carbocycles. The number of amides is 2. The van der Waals surface area contributed by atoms with E-state index in [2.05, 4.69) is 20.9 Å². The zero-order chi connectivity index (χ0) is 20.6. The minimum atomic E-state index is -0.555. The van der Waals surface area contributed by atoms with Crippen molar-refractivity contribution in [1.82, 2.24) is 15.6 Å². The van der Waals surface area contributed by atoms with Crippen LogP contribution >= 0.6 is 0 Å². The third-order valence-electron chi connectivity index (χ3n) is 3.49. The molecule has 8 heteroatoms. The summed E-state index contributed by atoms with van der Waals surface area (Å²) in [6, 6.07) is 9.39. The minimum absolute atomic E-state index is 0.233. The predicted molar refractivity (Wildman–Crippen MR) is 105 cm³/mol. The first-order valence-electron chi connectivity index (χ1n) is 8.98. The van der Waals surface area contributed by atoms with Gasteiger partial charge in [-0.2, -0.15) is 0 Å². The molecule has 2 amide bonds. The van der Waals surface area contributed by atoms with E-state index in [4.69, 9.17) is 4.74 Å². The van der Waals surface area contributed by atoms with E-state index in [0.717, 1.165) is 0 Å². The van der Waals surface area contributed by atoms with Crippen LogP contribution in [0.15, 0.2) is 42.6 Å². The summed E-state index contributed by atoms with van der Waals surface area (Å²) >= 11 is 0. The summed E-state index contributed by atoms with van der Waals surface area (Å²) in [6.45, 7) is 6.07. The quantitative estimate of drug-likeness (QED) is 0.630. The Bertz CT molecular complexity index is 821. The molecule has 0 aliphatic heterocycles. The smallest absolute Gasteiger partial charge is 0.407 e. The Kier molecular flexibility index (Phi) is 7.31. The highest BCUT2D eigenvalue weighted by Crippen LogP contribution is 2.20. The lowest BCUT2D eigenvalue weighted by Gasteiger charge is -2.19. The number of carbonyl (C=O) groups is 2. The highest BCUT2D eigenvalue weighted by atomic mass is 19.1. The molecule has 2 aromatic rings. The first-order chi connectivity index (χ1) is 13.3. The number of halogens is 1. The Balaban J connectivity index is 1.85. The van der Waals surface area contributed by atoms with E-state index in [0.29, 0.717) is 25.1 Å². The molecule has 0 spiro atoms. The number of alkyl carbamates (subject to hydrolysis) is 1. The number of pyridine rings is 1. The van der Waals surface area contributed by atoms with Gasteiger partial charge in [-0.15, -0.1) is 0 Å². The molecule has 7 nitrogen and oxygen atoms in total. The van der Waals surface area contributed by atoms with Crippen molar-refractivity contribution in [2.45, 2.75) is 32.8 Å². The average Bonchev–Trinajstić information content (AvgIpc) is 2.62. The summed E-state index contributed by atoms with van der Waals surface area (Å²) < 4.78 is 19.0. The topological polar surface area (TPSA) is 92.4 Å². The number of carbonyl (C=O) groups excluding carboxylic acids is 2. The number of nitrogens with zero attached hydrogens (tertiary/aromatic N) is 1. The Morgan fingerprint density at radius 3 is 2.50 bits per heavy atom. The van der Waals surface area contributed by atoms with E-state index in [1.165, 1.54) is 12.3 Å². The SMILES string of the molecule is CC(C)(C)OC(=O)NCCCNC(=O)c1cccnc1Nc1ccccc1F. The predicted octanol–water partition coefficient (Wildman–Crippen LogP) is 3.61. The summed E-state index contributed by atoms with van der Waals surface area (Å²) in [5.74, 6) is -0.520. The Labute approximate surface area is 163 Å². The number of hydrogen-bond acceptors (Lipinski definition) is 5. The van der Waals surface area contributed by atoms with Crippen LogP contribution in [0.25, 0.3) is 0 Å². The van der Waals surface area contributed by atoms with Gasteiger partial charge >= 0.3 is 6.09 Å². The van der Waals surface area contributed by atoms with E-state index in [9.17, 15) is 14.0 Å². The third-order valence-corrected chi connectivity index (χ3v) is 3.49. The Morgan fingerprint density at radius 1 is 1.07 bits per heavy atom. The van der Waals surface area contributed by atoms with Crippen LogP contribution in [0.1, 0.15) is 37.6 Å². The second-order valence-corrected chi connectivity index (χ2v) is 7.04. The van der Waals surface area contributed by atoms with Gasteiger partial charge in [0.15, 0.2) is 0 Å². The van der Waals surface area contributed by atoms with E-state index in [-0.39, 0.29) is 17.4 Å². The monoisotopic (exact) mass is 388 g/mol. The minimum Gasteiger partial charge on any atom is -0.444 e. The summed E-state index contributed by atoms with van der Waals surface area (Å²) in [5.41, 5.74) is -0.0251. The van der Waals surface area contributed by atoms with Gasteiger partial charge in [0.2, 0.25) is 0 Å². The molecule has 28 heavy (non-hydrogen) atoms. The van der Waals surface area contributed by atoms with Crippen molar-refractivity contribution in [2.75, 3.05) is 18.4 Å². The summed E-state index contributed by atoms with van der Waals surface area (Å²) in [5, 5.41) is 8.22. The van der Waals surface area contributed by atoms with E-state index in [1.807, 2.05) is 0 Å². The number of hydrogen-bond donors (Lipinski definition) is 3. The van der Waals surface area contributed by atoms with Gasteiger partial charge < -0.3 is 20.7 Å². The van der Waals surface area contributed by atoms with Crippen LogP contribution in [0.4, 0.5) is 20.7 Å². The fourth-order valence-electron chi connectivity index (χ4n) is 2.27. The van der Waals surface area contributed by atoms with Crippen molar-refractivity contribution in [3.05, 3.63) is 54.0 Å². The molecule has 0 bridgehead atoms. The molecule has 0 aliphatic rings. The van der Waals surface area contributed by atoms with Crippen LogP contribution in [0.5, 0.6) is 0 Å². The molecule has 3 N–H and O–H groups in total. The number of nitrogens with one attached hydrogen (secondary N) is 3. The van der Waals surface area contributed by atoms with E-state index < -0.39 is 17.5 Å². The van der Waals surface area contributed by atoms with Crippen molar-refractivity contribution in [1.29, 1.82) is 0 Å². The molecule has 150 valence electrons. The fourth-order valence-corrected chi connectivity index (χ4v) is 2.27. The lowest BCUT2D eigenvalue weighted by atomic mass is 10.2. The molecule has 0 atom stereocenters. The average molecular weight is 388 g/mol. The van der Waals surface area contributed by atoms with Gasteiger partial charge in [0.05, 0.1) is 11.3 Å². The van der Waals surface area contributed by atoms with Gasteiger partial charge in [0, 0.05) is 19.3 Å². The van der Waals surface area contributed by atoms with Gasteiger partial charge in [0.25, 0.3) is 5.91 Å². The van der Waals surface area contributed by atoms with Gasteiger partial charge in [-0.3, -0.25) is 4.79 Å². The van der Waals surface area contributed by atoms with Crippen molar-refractivity contribution in [2.24, 2.45) is 0 Å². The third kappa shape index (κ3) is 6.86. The molecule has 2 rings (SSSR count). The van der Waals surface area contributed by atoms with Crippen LogP contribution in [-0.4, -0.2) is 35.7 Å². The summed E-state index contributed by atoms with van der Waals surface area (Å²) in [4.78, 5) is 28.1. The number of rotatable bonds is 7. The Hall–Kier alpha value is -3.16. The first kappa shape index (κ1) is 21.1. The van der Waals surface area contributed by atoms with Crippen molar-refractivity contribution in [3.8, 4) is 0 Å². The normalized spacial score (nSPS) is 10.9. The first-order valence-corrected chi connectivity index (χ1v) is 8.98. The van der Waals surface area contributed by atoms with Gasteiger partial charge in [-0.25, -0.2) is 14.2 Å². The zero-order valence-corrected chi connectivity index (χ0v) is 16.2. The highest BCUT2D eigenvalue weighted by Gasteiger charge is 2.16. The molecule has 0 unspecified atom stereocenters. The summed E-state index contributed by atoms with van der Waals surface area (Å²) in [7, 11) is 0. The maximum Gasteiger partial charge on any atom is 0.407 e. The summed E-state index contributed by atoms with van der Waals surface area (Å²) in [6.07, 6.45) is 1.55.